The molecule has 0 aliphatic carbocycles. The Morgan fingerprint density at radius 1 is 1.42 bits per heavy atom. The van der Waals surface area contributed by atoms with Crippen LogP contribution in [0.4, 0.5) is 4.39 Å². The minimum absolute atomic E-state index is 0.258. The third-order valence-electron chi connectivity index (χ3n) is 3.86. The number of carbonyl (C=O) groups excluding carboxylic acids is 1. The zero-order valence-electron chi connectivity index (χ0n) is 14.5. The maximum Gasteiger partial charge on any atom is 0.271 e. The maximum atomic E-state index is 14.2. The molecule has 0 bridgehead atoms. The van der Waals surface area contributed by atoms with E-state index in [0.29, 0.717) is 23.0 Å². The topological polar surface area (TPSA) is 69.0 Å². The number of ether oxygens (including phenoxy) is 1. The van der Waals surface area contributed by atoms with E-state index >= 15 is 0 Å². The molecule has 0 aliphatic heterocycles. The lowest BCUT2D eigenvalue weighted by Gasteiger charge is -2.06. The van der Waals surface area contributed by atoms with E-state index in [1.165, 1.54) is 24.5 Å². The molecule has 2 heterocycles. The molecule has 26 heavy (non-hydrogen) atoms. The Labute approximate surface area is 154 Å². The minimum atomic E-state index is -0.426. The second-order valence-corrected chi connectivity index (χ2v) is 6.85. The van der Waals surface area contributed by atoms with Crippen molar-refractivity contribution in [1.82, 2.24) is 19.9 Å². The highest BCUT2D eigenvalue weighted by molar-refractivity contribution is 7.15. The smallest absolute Gasteiger partial charge is 0.271 e. The molecule has 6 nitrogen and oxygen atoms in total. The van der Waals surface area contributed by atoms with Gasteiger partial charge in [0, 0.05) is 30.4 Å². The van der Waals surface area contributed by atoms with Gasteiger partial charge in [-0.1, -0.05) is 6.07 Å². The van der Waals surface area contributed by atoms with Gasteiger partial charge >= 0.3 is 0 Å². The van der Waals surface area contributed by atoms with Gasteiger partial charge in [-0.15, -0.1) is 11.3 Å². The van der Waals surface area contributed by atoms with E-state index in [-0.39, 0.29) is 11.5 Å². The molecule has 136 valence electrons. The van der Waals surface area contributed by atoms with Crippen molar-refractivity contribution in [1.29, 1.82) is 0 Å². The molecule has 8 heteroatoms. The number of carbonyl (C=O) groups is 1. The third-order valence-corrected chi connectivity index (χ3v) is 4.85. The van der Waals surface area contributed by atoms with Crippen LogP contribution in [0, 0.1) is 12.7 Å². The molecule has 0 spiro atoms. The van der Waals surface area contributed by atoms with Gasteiger partial charge < -0.3 is 14.6 Å². The molecule has 3 aromatic rings. The molecule has 1 amide bonds. The Morgan fingerprint density at radius 3 is 3.00 bits per heavy atom. The van der Waals surface area contributed by atoms with Crippen LogP contribution in [0.5, 0.6) is 5.75 Å². The largest absolute Gasteiger partial charge is 0.496 e. The first-order valence-electron chi connectivity index (χ1n) is 8.14. The standard InChI is InChI=1S/C18H19FN4O2S/c1-12-16(17(24)21-7-4-9-23-10-8-20-11-23)22-18(26-12)15-13(19)5-3-6-14(15)25-2/h3,5-6,8,10-11H,4,7,9H2,1-2H3,(H,21,24). The monoisotopic (exact) mass is 374 g/mol. The van der Waals surface area contributed by atoms with Crippen molar-refractivity contribution in [3.8, 4) is 16.3 Å². The number of halogens is 1. The van der Waals surface area contributed by atoms with Crippen LogP contribution in [0.3, 0.4) is 0 Å². The number of hydrogen-bond acceptors (Lipinski definition) is 5. The lowest BCUT2D eigenvalue weighted by Crippen LogP contribution is -2.26. The molecule has 0 unspecified atom stereocenters. The minimum Gasteiger partial charge on any atom is -0.496 e. The zero-order chi connectivity index (χ0) is 18.5. The van der Waals surface area contributed by atoms with Crippen LogP contribution in [-0.2, 0) is 6.54 Å². The summed E-state index contributed by atoms with van der Waals surface area (Å²) in [4.78, 5) is 21.5. The highest BCUT2D eigenvalue weighted by atomic mass is 32.1. The predicted molar refractivity (Wildman–Crippen MR) is 98.0 cm³/mol. The highest BCUT2D eigenvalue weighted by Crippen LogP contribution is 2.36. The Balaban J connectivity index is 1.69. The zero-order valence-corrected chi connectivity index (χ0v) is 15.3. The van der Waals surface area contributed by atoms with E-state index in [0.717, 1.165) is 17.8 Å². The maximum absolute atomic E-state index is 14.2. The first-order chi connectivity index (χ1) is 12.6. The van der Waals surface area contributed by atoms with Crippen molar-refractivity contribution in [2.75, 3.05) is 13.7 Å². The number of aryl methyl sites for hydroxylation is 2. The summed E-state index contributed by atoms with van der Waals surface area (Å²) in [5.41, 5.74) is 0.597. The summed E-state index contributed by atoms with van der Waals surface area (Å²) in [6.07, 6.45) is 6.11. The Kier molecular flexibility index (Phi) is 5.62. The van der Waals surface area contributed by atoms with Crippen LogP contribution in [0.2, 0.25) is 0 Å². The molecule has 2 aromatic heterocycles. The van der Waals surface area contributed by atoms with Crippen molar-refractivity contribution in [2.24, 2.45) is 0 Å². The molecule has 0 atom stereocenters. The van der Waals surface area contributed by atoms with Crippen LogP contribution >= 0.6 is 11.3 Å². The third kappa shape index (κ3) is 3.91. The van der Waals surface area contributed by atoms with Gasteiger partial charge in [0.1, 0.15) is 22.3 Å². The number of nitrogens with zero attached hydrogens (tertiary/aromatic N) is 3. The van der Waals surface area contributed by atoms with Gasteiger partial charge in [0.2, 0.25) is 0 Å². The second kappa shape index (κ2) is 8.09. The van der Waals surface area contributed by atoms with Gasteiger partial charge in [-0.05, 0) is 25.5 Å². The van der Waals surface area contributed by atoms with Crippen molar-refractivity contribution in [3.63, 3.8) is 0 Å². The van der Waals surface area contributed by atoms with Gasteiger partial charge in [0.15, 0.2) is 0 Å². The van der Waals surface area contributed by atoms with Gasteiger partial charge in [0.05, 0.1) is 19.0 Å². The van der Waals surface area contributed by atoms with Crippen LogP contribution in [0.1, 0.15) is 21.8 Å². The van der Waals surface area contributed by atoms with Crippen LogP contribution in [-0.4, -0.2) is 34.1 Å². The van der Waals surface area contributed by atoms with E-state index < -0.39 is 5.82 Å². The molecule has 0 fully saturated rings. The van der Waals surface area contributed by atoms with E-state index in [2.05, 4.69) is 15.3 Å². The average Bonchev–Trinajstić information content (AvgIpc) is 3.27. The second-order valence-electron chi connectivity index (χ2n) is 5.65. The first-order valence-corrected chi connectivity index (χ1v) is 8.96. The summed E-state index contributed by atoms with van der Waals surface area (Å²) >= 11 is 1.27. The summed E-state index contributed by atoms with van der Waals surface area (Å²) in [5, 5.41) is 3.29. The number of thiazole rings is 1. The Hall–Kier alpha value is -2.74. The number of imidazole rings is 1. The van der Waals surface area contributed by atoms with Crippen molar-refractivity contribution in [2.45, 2.75) is 19.9 Å². The van der Waals surface area contributed by atoms with E-state index in [9.17, 15) is 9.18 Å². The van der Waals surface area contributed by atoms with Gasteiger partial charge in [-0.3, -0.25) is 4.79 Å². The number of aromatic nitrogens is 3. The molecule has 0 aliphatic rings. The average molecular weight is 374 g/mol. The first kappa shape index (κ1) is 18.1. The summed E-state index contributed by atoms with van der Waals surface area (Å²) in [7, 11) is 1.48. The number of amides is 1. The van der Waals surface area contributed by atoms with Crippen LogP contribution in [0.15, 0.2) is 36.9 Å². The Morgan fingerprint density at radius 2 is 2.27 bits per heavy atom. The van der Waals surface area contributed by atoms with Crippen LogP contribution in [0.25, 0.3) is 10.6 Å². The lowest BCUT2D eigenvalue weighted by molar-refractivity contribution is 0.0948. The Bertz CT molecular complexity index is 893. The van der Waals surface area contributed by atoms with E-state index in [4.69, 9.17) is 4.74 Å². The number of benzene rings is 1. The summed E-state index contributed by atoms with van der Waals surface area (Å²) < 4.78 is 21.4. The highest BCUT2D eigenvalue weighted by Gasteiger charge is 2.20. The van der Waals surface area contributed by atoms with Crippen molar-refractivity contribution < 1.29 is 13.9 Å². The fourth-order valence-electron chi connectivity index (χ4n) is 2.56. The predicted octanol–water partition coefficient (Wildman–Crippen LogP) is 3.28. The molecule has 1 N–H and O–H groups in total. The molecule has 0 radical (unpaired) electrons. The molecule has 0 saturated heterocycles. The number of methoxy groups -OCH3 is 1. The molecule has 1 aromatic carbocycles. The van der Waals surface area contributed by atoms with Crippen molar-refractivity contribution >= 4 is 17.2 Å². The quantitative estimate of drug-likeness (QED) is 0.645. The lowest BCUT2D eigenvalue weighted by atomic mass is 10.2. The molecular weight excluding hydrogens is 355 g/mol. The summed E-state index contributed by atoms with van der Waals surface area (Å²) in [6.45, 7) is 3.09. The molecule has 3 rings (SSSR count). The number of hydrogen-bond donors (Lipinski definition) is 1. The normalized spacial score (nSPS) is 10.7. The van der Waals surface area contributed by atoms with Gasteiger partial charge in [0.25, 0.3) is 5.91 Å². The van der Waals surface area contributed by atoms with Crippen molar-refractivity contribution in [3.05, 3.63) is 53.3 Å². The van der Waals surface area contributed by atoms with E-state index in [1.807, 2.05) is 10.8 Å². The molecule has 0 saturated carbocycles. The fraction of sp³-hybridized carbons (Fsp3) is 0.278. The van der Waals surface area contributed by atoms with Gasteiger partial charge in [-0.25, -0.2) is 14.4 Å². The number of nitrogens with one attached hydrogen (secondary N) is 1. The van der Waals surface area contributed by atoms with Crippen LogP contribution < -0.4 is 10.1 Å². The summed E-state index contributed by atoms with van der Waals surface area (Å²) in [6, 6.07) is 4.60. The van der Waals surface area contributed by atoms with Gasteiger partial charge in [-0.2, -0.15) is 0 Å². The fourth-order valence-corrected chi connectivity index (χ4v) is 3.52. The van der Waals surface area contributed by atoms with E-state index in [1.54, 1.807) is 31.6 Å². The summed E-state index contributed by atoms with van der Waals surface area (Å²) in [5.74, 6) is -0.289. The SMILES string of the molecule is COc1cccc(F)c1-c1nc(C(=O)NCCCn2ccnc2)c(C)s1. The number of rotatable bonds is 7. The molecular formula is C18H19FN4O2S.